The Labute approximate surface area is 84.2 Å². The molecule has 0 aromatic heterocycles. The summed E-state index contributed by atoms with van der Waals surface area (Å²) < 4.78 is 4.73. The van der Waals surface area contributed by atoms with Crippen LogP contribution in [-0.4, -0.2) is 23.1 Å². The molecule has 0 unspecified atom stereocenters. The molecule has 15 heavy (non-hydrogen) atoms. The smallest absolute Gasteiger partial charge is 0.338 e. The molecule has 7 heteroatoms. The predicted octanol–water partition coefficient (Wildman–Crippen LogP) is 0.884. The van der Waals surface area contributed by atoms with Gasteiger partial charge in [0.1, 0.15) is 5.75 Å². The number of nitro benzene ring substituents is 1. The van der Waals surface area contributed by atoms with Gasteiger partial charge < -0.3 is 15.6 Å². The van der Waals surface area contributed by atoms with Crippen LogP contribution in [0.1, 0.15) is 10.4 Å². The highest BCUT2D eigenvalue weighted by Gasteiger charge is 2.19. The number of nitrogens with zero attached hydrogens (tertiary/aromatic N) is 1. The molecule has 1 rings (SSSR count). The van der Waals surface area contributed by atoms with E-state index in [0.29, 0.717) is 0 Å². The molecule has 0 spiro atoms. The summed E-state index contributed by atoms with van der Waals surface area (Å²) >= 11 is 0. The van der Waals surface area contributed by atoms with Crippen molar-refractivity contribution in [1.29, 1.82) is 0 Å². The monoisotopic (exact) mass is 212 g/mol. The Morgan fingerprint density at radius 2 is 2.20 bits per heavy atom. The largest absolute Gasteiger partial charge is 0.494 e. The van der Waals surface area contributed by atoms with Crippen LogP contribution in [0.15, 0.2) is 12.1 Å². The van der Waals surface area contributed by atoms with Gasteiger partial charge >= 0.3 is 5.97 Å². The second-order valence-corrected chi connectivity index (χ2v) is 2.67. The van der Waals surface area contributed by atoms with Crippen molar-refractivity contribution in [2.24, 2.45) is 0 Å². The quantitative estimate of drug-likeness (QED) is 0.436. The molecular weight excluding hydrogens is 204 g/mol. The molecule has 1 aromatic rings. The lowest BCUT2D eigenvalue weighted by Gasteiger charge is -2.06. The Balaban J connectivity index is 3.45. The first-order chi connectivity index (χ1) is 6.97. The minimum Gasteiger partial charge on any atom is -0.494 e. The number of carboxylic acids is 1. The molecule has 0 saturated heterocycles. The number of carboxylic acid groups (broad SMARTS) is 1. The molecule has 1 aromatic carbocycles. The number of carbonyl (C=O) groups is 1. The molecule has 0 heterocycles. The number of anilines is 1. The van der Waals surface area contributed by atoms with E-state index in [2.05, 4.69) is 0 Å². The molecule has 0 bridgehead atoms. The van der Waals surface area contributed by atoms with Crippen LogP contribution in [0.5, 0.6) is 5.75 Å². The van der Waals surface area contributed by atoms with Gasteiger partial charge in [-0.3, -0.25) is 10.1 Å². The van der Waals surface area contributed by atoms with Crippen LogP contribution in [0.25, 0.3) is 0 Å². The van der Waals surface area contributed by atoms with Gasteiger partial charge in [-0.05, 0) is 0 Å². The third-order valence-corrected chi connectivity index (χ3v) is 1.79. The minimum absolute atomic E-state index is 0.0263. The van der Waals surface area contributed by atoms with Crippen LogP contribution in [0.2, 0.25) is 0 Å². The van der Waals surface area contributed by atoms with Crippen LogP contribution in [-0.2, 0) is 0 Å². The zero-order chi connectivity index (χ0) is 11.6. The first-order valence-electron chi connectivity index (χ1n) is 3.82. The number of non-ortho nitro benzene ring substituents is 1. The van der Waals surface area contributed by atoms with Gasteiger partial charge in [-0.1, -0.05) is 0 Å². The number of nitrogens with two attached hydrogens (primary N) is 1. The number of hydrogen-bond donors (Lipinski definition) is 2. The van der Waals surface area contributed by atoms with Crippen LogP contribution < -0.4 is 10.5 Å². The second-order valence-electron chi connectivity index (χ2n) is 2.67. The number of benzene rings is 1. The number of hydrogen-bond acceptors (Lipinski definition) is 5. The Kier molecular flexibility index (Phi) is 2.75. The van der Waals surface area contributed by atoms with Crippen molar-refractivity contribution in [1.82, 2.24) is 0 Å². The number of aromatic carboxylic acids is 1. The average Bonchev–Trinajstić information content (AvgIpc) is 2.17. The average molecular weight is 212 g/mol. The van der Waals surface area contributed by atoms with Crippen LogP contribution in [0.3, 0.4) is 0 Å². The highest BCUT2D eigenvalue weighted by molar-refractivity contribution is 5.96. The van der Waals surface area contributed by atoms with E-state index in [1.165, 1.54) is 7.11 Å². The van der Waals surface area contributed by atoms with Crippen molar-refractivity contribution >= 4 is 17.3 Å². The summed E-state index contributed by atoms with van der Waals surface area (Å²) in [5.74, 6) is -1.36. The highest BCUT2D eigenvalue weighted by Crippen LogP contribution is 2.30. The highest BCUT2D eigenvalue weighted by atomic mass is 16.6. The molecule has 0 aliphatic rings. The van der Waals surface area contributed by atoms with E-state index in [1.54, 1.807) is 0 Å². The maximum Gasteiger partial charge on any atom is 0.338 e. The summed E-state index contributed by atoms with van der Waals surface area (Å²) in [6, 6.07) is 1.96. The maximum absolute atomic E-state index is 10.7. The summed E-state index contributed by atoms with van der Waals surface area (Å²) in [4.78, 5) is 20.5. The fraction of sp³-hybridized carbons (Fsp3) is 0.125. The van der Waals surface area contributed by atoms with Crippen LogP contribution >= 0.6 is 0 Å². The third kappa shape index (κ3) is 1.96. The molecular formula is C8H8N2O5. The van der Waals surface area contributed by atoms with Crippen molar-refractivity contribution in [2.45, 2.75) is 0 Å². The Hall–Kier alpha value is -2.31. The minimum atomic E-state index is -1.34. The molecule has 80 valence electrons. The second kappa shape index (κ2) is 3.82. The summed E-state index contributed by atoms with van der Waals surface area (Å²) in [5, 5.41) is 19.2. The fourth-order valence-corrected chi connectivity index (χ4v) is 1.06. The number of nitrogen functional groups attached to an aromatic ring is 1. The lowest BCUT2D eigenvalue weighted by atomic mass is 10.1. The van der Waals surface area contributed by atoms with Gasteiger partial charge in [0.05, 0.1) is 29.4 Å². The molecule has 7 nitrogen and oxygen atoms in total. The van der Waals surface area contributed by atoms with E-state index < -0.39 is 10.9 Å². The van der Waals surface area contributed by atoms with Gasteiger partial charge in [-0.2, -0.15) is 0 Å². The zero-order valence-electron chi connectivity index (χ0n) is 7.76. The molecule has 0 radical (unpaired) electrons. The number of ether oxygens (including phenoxy) is 1. The first-order valence-corrected chi connectivity index (χ1v) is 3.82. The van der Waals surface area contributed by atoms with E-state index in [1.807, 2.05) is 0 Å². The maximum atomic E-state index is 10.7. The van der Waals surface area contributed by atoms with Gasteiger partial charge in [0.25, 0.3) is 5.69 Å². The van der Waals surface area contributed by atoms with Crippen LogP contribution in [0.4, 0.5) is 11.4 Å². The third-order valence-electron chi connectivity index (χ3n) is 1.79. The van der Waals surface area contributed by atoms with E-state index in [-0.39, 0.29) is 22.7 Å². The van der Waals surface area contributed by atoms with Crippen molar-refractivity contribution < 1.29 is 19.6 Å². The first kappa shape index (κ1) is 10.8. The van der Waals surface area contributed by atoms with E-state index in [4.69, 9.17) is 15.6 Å². The Morgan fingerprint density at radius 1 is 1.60 bits per heavy atom. The number of nitro groups is 1. The molecule has 0 fully saturated rings. The standard InChI is InChI=1S/C8H8N2O5/c1-15-6-3-4(10(13)14)2-5(7(6)9)8(11)12/h2-3H,9H2,1H3,(H,11,12). The molecule has 0 aliphatic heterocycles. The normalized spacial score (nSPS) is 9.67. The van der Waals surface area contributed by atoms with Crippen molar-refractivity contribution in [3.05, 3.63) is 27.8 Å². The molecule has 0 amide bonds. The summed E-state index contributed by atoms with van der Waals surface area (Å²) in [6.07, 6.45) is 0. The van der Waals surface area contributed by atoms with Gasteiger partial charge in [0, 0.05) is 6.07 Å². The Morgan fingerprint density at radius 3 is 2.60 bits per heavy atom. The molecule has 0 saturated carbocycles. The topological polar surface area (TPSA) is 116 Å². The summed E-state index contributed by atoms with van der Waals surface area (Å²) in [5.41, 5.74) is 4.58. The van der Waals surface area contributed by atoms with Gasteiger partial charge in [0.2, 0.25) is 0 Å². The zero-order valence-corrected chi connectivity index (χ0v) is 7.76. The number of methoxy groups -OCH3 is 1. The summed E-state index contributed by atoms with van der Waals surface area (Å²) in [7, 11) is 1.25. The van der Waals surface area contributed by atoms with E-state index >= 15 is 0 Å². The van der Waals surface area contributed by atoms with E-state index in [9.17, 15) is 14.9 Å². The molecule has 3 N–H and O–H groups in total. The SMILES string of the molecule is COc1cc([N+](=O)[O-])cc(C(=O)O)c1N. The van der Waals surface area contributed by atoms with Gasteiger partial charge in [0.15, 0.2) is 0 Å². The fourth-order valence-electron chi connectivity index (χ4n) is 1.06. The van der Waals surface area contributed by atoms with Gasteiger partial charge in [-0.25, -0.2) is 4.79 Å². The van der Waals surface area contributed by atoms with E-state index in [0.717, 1.165) is 12.1 Å². The van der Waals surface area contributed by atoms with Gasteiger partial charge in [-0.15, -0.1) is 0 Å². The predicted molar refractivity (Wildman–Crippen MR) is 51.0 cm³/mol. The lowest BCUT2D eigenvalue weighted by molar-refractivity contribution is -0.384. The van der Waals surface area contributed by atoms with Crippen molar-refractivity contribution in [2.75, 3.05) is 12.8 Å². The van der Waals surface area contributed by atoms with Crippen LogP contribution in [0, 0.1) is 10.1 Å². The number of rotatable bonds is 3. The summed E-state index contributed by atoms with van der Waals surface area (Å²) in [6.45, 7) is 0. The molecule has 0 aliphatic carbocycles. The van der Waals surface area contributed by atoms with Crippen molar-refractivity contribution in [3.63, 3.8) is 0 Å². The Bertz CT molecular complexity index is 429. The molecule has 0 atom stereocenters. The van der Waals surface area contributed by atoms with Crippen molar-refractivity contribution in [3.8, 4) is 5.75 Å². The lowest BCUT2D eigenvalue weighted by Crippen LogP contribution is -2.05.